The second-order valence-electron chi connectivity index (χ2n) is 5.16. The molecule has 1 N–H and O–H groups in total. The summed E-state index contributed by atoms with van der Waals surface area (Å²) in [6.07, 6.45) is -0.298. The Hall–Kier alpha value is -0.810. The third-order valence-corrected chi connectivity index (χ3v) is 4.11. The van der Waals surface area contributed by atoms with Crippen molar-refractivity contribution in [2.24, 2.45) is 0 Å². The standard InChI is InChI=1S/C15H21ClO4/c1-9-6-11(7-10(2)14(9)16)20-13-8-12(17)15(13)19-5-4-18-3/h6-7,12-13,15,17H,4-5,8H2,1-3H3. The van der Waals surface area contributed by atoms with Gasteiger partial charge < -0.3 is 19.3 Å². The molecule has 5 heteroatoms. The van der Waals surface area contributed by atoms with Crippen LogP contribution in [0, 0.1) is 13.8 Å². The molecule has 3 atom stereocenters. The van der Waals surface area contributed by atoms with Crippen LogP contribution in [0.4, 0.5) is 0 Å². The first kappa shape index (κ1) is 15.6. The fraction of sp³-hybridized carbons (Fsp3) is 0.600. The zero-order valence-corrected chi connectivity index (χ0v) is 12.8. The molecule has 0 heterocycles. The van der Waals surface area contributed by atoms with E-state index in [4.69, 9.17) is 25.8 Å². The maximum absolute atomic E-state index is 9.74. The van der Waals surface area contributed by atoms with E-state index in [0.717, 1.165) is 21.9 Å². The maximum atomic E-state index is 9.74. The second-order valence-corrected chi connectivity index (χ2v) is 5.54. The van der Waals surface area contributed by atoms with E-state index >= 15 is 0 Å². The van der Waals surface area contributed by atoms with E-state index in [1.165, 1.54) is 0 Å². The highest BCUT2D eigenvalue weighted by Crippen LogP contribution is 2.32. The molecule has 1 aliphatic rings. The predicted octanol–water partition coefficient (Wildman–Crippen LogP) is 2.50. The Balaban J connectivity index is 1.96. The Morgan fingerprint density at radius 3 is 2.45 bits per heavy atom. The van der Waals surface area contributed by atoms with Gasteiger partial charge in [-0.25, -0.2) is 0 Å². The number of halogens is 1. The topological polar surface area (TPSA) is 47.9 Å². The highest BCUT2D eigenvalue weighted by molar-refractivity contribution is 6.32. The number of benzene rings is 1. The summed E-state index contributed by atoms with van der Waals surface area (Å²) in [4.78, 5) is 0. The molecule has 0 amide bonds. The second kappa shape index (κ2) is 6.76. The summed E-state index contributed by atoms with van der Waals surface area (Å²) in [5, 5.41) is 10.5. The number of methoxy groups -OCH3 is 1. The quantitative estimate of drug-likeness (QED) is 0.820. The van der Waals surface area contributed by atoms with Crippen LogP contribution in [0.1, 0.15) is 17.5 Å². The molecular formula is C15H21ClO4. The van der Waals surface area contributed by atoms with Crippen molar-refractivity contribution in [3.63, 3.8) is 0 Å². The zero-order chi connectivity index (χ0) is 14.7. The van der Waals surface area contributed by atoms with Crippen molar-refractivity contribution in [2.75, 3.05) is 20.3 Å². The first-order chi connectivity index (χ1) is 9.52. The van der Waals surface area contributed by atoms with E-state index in [0.29, 0.717) is 19.6 Å². The summed E-state index contributed by atoms with van der Waals surface area (Å²) in [5.74, 6) is 0.765. The van der Waals surface area contributed by atoms with E-state index < -0.39 is 6.10 Å². The van der Waals surface area contributed by atoms with Crippen molar-refractivity contribution >= 4 is 11.6 Å². The Bertz CT molecular complexity index is 440. The molecule has 1 aromatic rings. The van der Waals surface area contributed by atoms with Crippen molar-refractivity contribution in [3.8, 4) is 5.75 Å². The highest BCUT2D eigenvalue weighted by atomic mass is 35.5. The third-order valence-electron chi connectivity index (χ3n) is 3.51. The lowest BCUT2D eigenvalue weighted by atomic mass is 9.88. The lowest BCUT2D eigenvalue weighted by Gasteiger charge is -2.40. The Morgan fingerprint density at radius 1 is 1.25 bits per heavy atom. The van der Waals surface area contributed by atoms with Crippen molar-refractivity contribution in [2.45, 2.75) is 38.6 Å². The van der Waals surface area contributed by atoms with Crippen LogP contribution in [0.15, 0.2) is 12.1 Å². The molecule has 1 aromatic carbocycles. The van der Waals surface area contributed by atoms with Gasteiger partial charge in [0.15, 0.2) is 0 Å². The Kier molecular flexibility index (Phi) is 5.27. The molecule has 0 aromatic heterocycles. The van der Waals surface area contributed by atoms with Gasteiger partial charge in [-0.15, -0.1) is 0 Å². The fourth-order valence-corrected chi connectivity index (χ4v) is 2.42. The summed E-state index contributed by atoms with van der Waals surface area (Å²) in [6.45, 7) is 4.86. The lowest BCUT2D eigenvalue weighted by molar-refractivity contribution is -0.167. The van der Waals surface area contributed by atoms with Crippen LogP contribution in [0.3, 0.4) is 0 Å². The normalized spacial score (nSPS) is 25.4. The Morgan fingerprint density at radius 2 is 1.90 bits per heavy atom. The number of hydrogen-bond donors (Lipinski definition) is 1. The van der Waals surface area contributed by atoms with E-state index in [2.05, 4.69) is 0 Å². The van der Waals surface area contributed by atoms with Crippen molar-refractivity contribution in [1.29, 1.82) is 0 Å². The largest absolute Gasteiger partial charge is 0.487 e. The summed E-state index contributed by atoms with van der Waals surface area (Å²) in [6, 6.07) is 3.82. The van der Waals surface area contributed by atoms with E-state index in [1.807, 2.05) is 26.0 Å². The molecule has 20 heavy (non-hydrogen) atoms. The van der Waals surface area contributed by atoms with E-state index in [9.17, 15) is 5.11 Å². The molecule has 4 nitrogen and oxygen atoms in total. The van der Waals surface area contributed by atoms with Crippen LogP contribution in [-0.2, 0) is 9.47 Å². The van der Waals surface area contributed by atoms with E-state index in [1.54, 1.807) is 7.11 Å². The van der Waals surface area contributed by atoms with Crippen LogP contribution in [0.25, 0.3) is 0 Å². The molecule has 2 rings (SSSR count). The molecule has 3 unspecified atom stereocenters. The lowest BCUT2D eigenvalue weighted by Crippen LogP contribution is -2.55. The van der Waals surface area contributed by atoms with Crippen LogP contribution in [0.2, 0.25) is 5.02 Å². The number of aryl methyl sites for hydroxylation is 2. The number of rotatable bonds is 6. The average Bonchev–Trinajstić information content (AvgIpc) is 2.40. The zero-order valence-electron chi connectivity index (χ0n) is 12.1. The summed E-state index contributed by atoms with van der Waals surface area (Å²) >= 11 is 6.14. The molecule has 0 radical (unpaired) electrons. The van der Waals surface area contributed by atoms with Crippen LogP contribution in [0.5, 0.6) is 5.75 Å². The van der Waals surface area contributed by atoms with Gasteiger partial charge in [0, 0.05) is 18.6 Å². The fourth-order valence-electron chi connectivity index (χ4n) is 2.31. The smallest absolute Gasteiger partial charge is 0.130 e. The molecule has 1 saturated carbocycles. The molecule has 1 fully saturated rings. The van der Waals surface area contributed by atoms with Crippen LogP contribution < -0.4 is 4.74 Å². The van der Waals surface area contributed by atoms with Crippen molar-refractivity contribution in [3.05, 3.63) is 28.3 Å². The maximum Gasteiger partial charge on any atom is 0.130 e. The first-order valence-corrected chi connectivity index (χ1v) is 7.12. The molecule has 0 bridgehead atoms. The summed E-state index contributed by atoms with van der Waals surface area (Å²) in [5.41, 5.74) is 1.97. The molecule has 0 spiro atoms. The van der Waals surface area contributed by atoms with Gasteiger partial charge >= 0.3 is 0 Å². The summed E-state index contributed by atoms with van der Waals surface area (Å²) < 4.78 is 16.4. The average molecular weight is 301 g/mol. The summed E-state index contributed by atoms with van der Waals surface area (Å²) in [7, 11) is 1.62. The SMILES string of the molecule is COCCOC1C(O)CC1Oc1cc(C)c(Cl)c(C)c1. The first-order valence-electron chi connectivity index (χ1n) is 6.75. The molecule has 112 valence electrons. The minimum atomic E-state index is -0.466. The molecule has 0 aliphatic heterocycles. The van der Waals surface area contributed by atoms with Gasteiger partial charge in [-0.05, 0) is 37.1 Å². The minimum absolute atomic E-state index is 0.123. The minimum Gasteiger partial charge on any atom is -0.487 e. The number of aliphatic hydroxyl groups is 1. The van der Waals surface area contributed by atoms with Gasteiger partial charge in [0.1, 0.15) is 18.0 Å². The highest BCUT2D eigenvalue weighted by Gasteiger charge is 2.42. The molecule has 1 aliphatic carbocycles. The monoisotopic (exact) mass is 300 g/mol. The number of hydrogen-bond acceptors (Lipinski definition) is 4. The molecular weight excluding hydrogens is 280 g/mol. The van der Waals surface area contributed by atoms with Gasteiger partial charge in [0.05, 0.1) is 19.3 Å². The van der Waals surface area contributed by atoms with Crippen molar-refractivity contribution < 1.29 is 19.3 Å². The van der Waals surface area contributed by atoms with E-state index in [-0.39, 0.29) is 12.2 Å². The number of aliphatic hydroxyl groups excluding tert-OH is 1. The van der Waals surface area contributed by atoms with Gasteiger partial charge in [-0.2, -0.15) is 0 Å². The van der Waals surface area contributed by atoms with Gasteiger partial charge in [-0.1, -0.05) is 11.6 Å². The van der Waals surface area contributed by atoms with Gasteiger partial charge in [-0.3, -0.25) is 0 Å². The predicted molar refractivity (Wildman–Crippen MR) is 77.6 cm³/mol. The van der Waals surface area contributed by atoms with Gasteiger partial charge in [0.2, 0.25) is 0 Å². The third kappa shape index (κ3) is 3.44. The number of ether oxygens (including phenoxy) is 3. The van der Waals surface area contributed by atoms with Crippen LogP contribution in [-0.4, -0.2) is 43.7 Å². The molecule has 0 saturated heterocycles. The van der Waals surface area contributed by atoms with Crippen LogP contribution >= 0.6 is 11.6 Å². The van der Waals surface area contributed by atoms with Gasteiger partial charge in [0.25, 0.3) is 0 Å². The van der Waals surface area contributed by atoms with Crippen molar-refractivity contribution in [1.82, 2.24) is 0 Å². The Labute approximate surface area is 124 Å².